The number of carbonyl (C=O) groups is 1. The maximum Gasteiger partial charge on any atom is 0.443 e. The van der Waals surface area contributed by atoms with E-state index in [1.165, 1.54) is 10.3 Å². The first-order chi connectivity index (χ1) is 15.1. The SMILES string of the molecule is CC(Oc1ccc(S(C)(=O)=O)cc1C(=O)N1CCC(c2csc(C(F)(F)F)n2)C1)C(F)(F)F. The Kier molecular flexibility index (Phi) is 6.72. The van der Waals surface area contributed by atoms with E-state index in [9.17, 15) is 39.6 Å². The molecule has 1 aromatic carbocycles. The van der Waals surface area contributed by atoms with Crippen LogP contribution in [0.3, 0.4) is 0 Å². The predicted molar refractivity (Wildman–Crippen MR) is 106 cm³/mol. The Bertz CT molecular complexity index is 1140. The normalized spacial score (nSPS) is 18.4. The Labute approximate surface area is 189 Å². The van der Waals surface area contributed by atoms with Crippen LogP contribution >= 0.6 is 11.3 Å². The Balaban J connectivity index is 1.88. The number of alkyl halides is 6. The van der Waals surface area contributed by atoms with Crippen LogP contribution in [0.15, 0.2) is 28.5 Å². The lowest BCUT2D eigenvalue weighted by Gasteiger charge is -2.22. The Morgan fingerprint density at radius 3 is 2.45 bits per heavy atom. The van der Waals surface area contributed by atoms with Crippen molar-refractivity contribution in [2.75, 3.05) is 19.3 Å². The van der Waals surface area contributed by atoms with Crippen LogP contribution < -0.4 is 4.74 Å². The molecule has 0 saturated carbocycles. The molecule has 1 fully saturated rings. The quantitative estimate of drug-likeness (QED) is 0.546. The molecule has 0 spiro atoms. The van der Waals surface area contributed by atoms with Crippen molar-refractivity contribution in [1.29, 1.82) is 0 Å². The summed E-state index contributed by atoms with van der Waals surface area (Å²) in [7, 11) is -3.78. The summed E-state index contributed by atoms with van der Waals surface area (Å²) in [5.41, 5.74) is -0.224. The highest BCUT2D eigenvalue weighted by atomic mass is 32.2. The molecule has 2 unspecified atom stereocenters. The number of benzene rings is 1. The van der Waals surface area contributed by atoms with Crippen molar-refractivity contribution in [3.8, 4) is 5.75 Å². The number of sulfone groups is 1. The minimum absolute atomic E-state index is 0.0305. The van der Waals surface area contributed by atoms with E-state index in [2.05, 4.69) is 4.98 Å². The van der Waals surface area contributed by atoms with Gasteiger partial charge >= 0.3 is 12.4 Å². The highest BCUT2D eigenvalue weighted by Gasteiger charge is 2.40. The van der Waals surface area contributed by atoms with E-state index in [0.717, 1.165) is 31.4 Å². The van der Waals surface area contributed by atoms with Gasteiger partial charge in [0, 0.05) is 30.6 Å². The van der Waals surface area contributed by atoms with E-state index in [-0.39, 0.29) is 35.7 Å². The van der Waals surface area contributed by atoms with Gasteiger partial charge in [-0.1, -0.05) is 0 Å². The molecule has 14 heteroatoms. The van der Waals surface area contributed by atoms with Crippen molar-refractivity contribution in [2.24, 2.45) is 0 Å². The lowest BCUT2D eigenvalue weighted by molar-refractivity contribution is -0.189. The molecule has 0 bridgehead atoms. The number of ether oxygens (including phenoxy) is 1. The molecule has 2 aromatic rings. The molecule has 33 heavy (non-hydrogen) atoms. The predicted octanol–water partition coefficient (Wildman–Crippen LogP) is 4.52. The monoisotopic (exact) mass is 516 g/mol. The molecule has 1 aromatic heterocycles. The molecular formula is C19H18F6N2O4S2. The van der Waals surface area contributed by atoms with Crippen LogP contribution in [0.2, 0.25) is 0 Å². The number of likely N-dealkylation sites (tertiary alicyclic amines) is 1. The maximum atomic E-state index is 13.1. The summed E-state index contributed by atoms with van der Waals surface area (Å²) in [5, 5.41) is 0.241. The second-order valence-corrected chi connectivity index (χ2v) is 10.4. The maximum absolute atomic E-state index is 13.1. The fraction of sp³-hybridized carbons (Fsp3) is 0.474. The lowest BCUT2D eigenvalue weighted by Crippen LogP contribution is -2.33. The minimum Gasteiger partial charge on any atom is -0.480 e. The van der Waals surface area contributed by atoms with Crippen molar-refractivity contribution in [1.82, 2.24) is 9.88 Å². The first-order valence-corrected chi connectivity index (χ1v) is 12.2. The Hall–Kier alpha value is -2.35. The number of rotatable bonds is 5. The number of carbonyl (C=O) groups excluding carboxylic acids is 1. The van der Waals surface area contributed by atoms with E-state index in [4.69, 9.17) is 4.74 Å². The second kappa shape index (κ2) is 8.78. The molecule has 0 N–H and O–H groups in total. The van der Waals surface area contributed by atoms with E-state index in [1.54, 1.807) is 0 Å². The average Bonchev–Trinajstić information content (AvgIpc) is 3.35. The molecule has 0 aliphatic carbocycles. The van der Waals surface area contributed by atoms with Crippen LogP contribution in [0, 0.1) is 0 Å². The molecule has 1 aliphatic rings. The van der Waals surface area contributed by atoms with Crippen molar-refractivity contribution in [2.45, 2.75) is 42.6 Å². The third-order valence-corrected chi connectivity index (χ3v) is 7.05. The van der Waals surface area contributed by atoms with Crippen LogP contribution in [0.4, 0.5) is 26.3 Å². The molecule has 1 saturated heterocycles. The van der Waals surface area contributed by atoms with Gasteiger partial charge in [-0.25, -0.2) is 13.4 Å². The first kappa shape index (κ1) is 25.3. The van der Waals surface area contributed by atoms with Crippen LogP contribution in [0.1, 0.15) is 40.3 Å². The highest BCUT2D eigenvalue weighted by Crippen LogP contribution is 2.36. The number of aromatic nitrogens is 1. The van der Waals surface area contributed by atoms with Gasteiger partial charge in [0.1, 0.15) is 5.75 Å². The summed E-state index contributed by atoms with van der Waals surface area (Å²) in [5.74, 6) is -1.75. The van der Waals surface area contributed by atoms with Gasteiger partial charge in [-0.2, -0.15) is 26.3 Å². The highest BCUT2D eigenvalue weighted by molar-refractivity contribution is 7.90. The van der Waals surface area contributed by atoms with Crippen LogP contribution in [-0.4, -0.2) is 55.8 Å². The van der Waals surface area contributed by atoms with Crippen LogP contribution in [0.25, 0.3) is 0 Å². The van der Waals surface area contributed by atoms with Gasteiger partial charge in [0.2, 0.25) is 0 Å². The van der Waals surface area contributed by atoms with Crippen molar-refractivity contribution < 1.29 is 44.3 Å². The lowest BCUT2D eigenvalue weighted by atomic mass is 10.1. The molecular weight excluding hydrogens is 498 g/mol. The molecule has 6 nitrogen and oxygen atoms in total. The van der Waals surface area contributed by atoms with Crippen molar-refractivity contribution >= 4 is 27.1 Å². The first-order valence-electron chi connectivity index (χ1n) is 9.46. The number of amides is 1. The topological polar surface area (TPSA) is 76.6 Å². The smallest absolute Gasteiger partial charge is 0.443 e. The van der Waals surface area contributed by atoms with Gasteiger partial charge in [-0.15, -0.1) is 11.3 Å². The van der Waals surface area contributed by atoms with Gasteiger partial charge in [0.05, 0.1) is 16.2 Å². The summed E-state index contributed by atoms with van der Waals surface area (Å²) in [6.45, 7) is 0.808. The summed E-state index contributed by atoms with van der Waals surface area (Å²) in [4.78, 5) is 17.6. The molecule has 1 aliphatic heterocycles. The van der Waals surface area contributed by atoms with Crippen LogP contribution in [-0.2, 0) is 16.0 Å². The molecule has 3 rings (SSSR count). The van der Waals surface area contributed by atoms with E-state index in [0.29, 0.717) is 11.3 Å². The minimum atomic E-state index is -4.73. The average molecular weight is 516 g/mol. The van der Waals surface area contributed by atoms with E-state index >= 15 is 0 Å². The van der Waals surface area contributed by atoms with E-state index in [1.807, 2.05) is 0 Å². The number of hydrogen-bond acceptors (Lipinski definition) is 6. The largest absolute Gasteiger partial charge is 0.480 e. The van der Waals surface area contributed by atoms with Gasteiger partial charge in [-0.3, -0.25) is 4.79 Å². The molecule has 2 atom stereocenters. The van der Waals surface area contributed by atoms with Gasteiger partial charge in [-0.05, 0) is 31.5 Å². The fourth-order valence-electron chi connectivity index (χ4n) is 3.23. The number of thiazole rings is 1. The Morgan fingerprint density at radius 1 is 1.24 bits per heavy atom. The zero-order valence-corrected chi connectivity index (χ0v) is 18.8. The van der Waals surface area contributed by atoms with Crippen molar-refractivity contribution in [3.05, 3.63) is 39.8 Å². The molecule has 182 valence electrons. The standard InChI is InChI=1S/C19H18F6N2O4S2/c1-10(18(20,21)22)31-15-4-3-12(33(2,29)30)7-13(15)16(28)27-6-5-11(8-27)14-9-32-17(26-14)19(23,24)25/h3-4,7,9-11H,5-6,8H2,1-2H3. The summed E-state index contributed by atoms with van der Waals surface area (Å²) >= 11 is 0.433. The number of nitrogens with zero attached hydrogens (tertiary/aromatic N) is 2. The third-order valence-electron chi connectivity index (χ3n) is 5.03. The zero-order valence-electron chi connectivity index (χ0n) is 17.2. The Morgan fingerprint density at radius 2 is 1.91 bits per heavy atom. The zero-order chi connectivity index (χ0) is 24.8. The van der Waals surface area contributed by atoms with Crippen molar-refractivity contribution in [3.63, 3.8) is 0 Å². The summed E-state index contributed by atoms with van der Waals surface area (Å²) in [6, 6.07) is 2.95. The second-order valence-electron chi connectivity index (χ2n) is 7.54. The van der Waals surface area contributed by atoms with Gasteiger partial charge in [0.25, 0.3) is 5.91 Å². The third kappa shape index (κ3) is 5.78. The summed E-state index contributed by atoms with van der Waals surface area (Å²) in [6.07, 6.45) is -10.4. The summed E-state index contributed by atoms with van der Waals surface area (Å²) < 4.78 is 106. The van der Waals surface area contributed by atoms with Gasteiger partial charge in [0.15, 0.2) is 20.9 Å². The number of halogens is 6. The molecule has 0 radical (unpaired) electrons. The molecule has 2 heterocycles. The fourth-order valence-corrected chi connectivity index (χ4v) is 4.64. The van der Waals surface area contributed by atoms with Crippen LogP contribution in [0.5, 0.6) is 5.75 Å². The van der Waals surface area contributed by atoms with E-state index < -0.39 is 50.9 Å². The number of hydrogen-bond donors (Lipinski definition) is 0. The molecule has 1 amide bonds. The van der Waals surface area contributed by atoms with Gasteiger partial charge < -0.3 is 9.64 Å².